The smallest absolute Gasteiger partial charge is 0.416 e. The number of alkyl halides is 3. The van der Waals surface area contributed by atoms with Crippen molar-refractivity contribution in [3.05, 3.63) is 36.0 Å². The Morgan fingerprint density at radius 3 is 2.56 bits per heavy atom. The summed E-state index contributed by atoms with van der Waals surface area (Å²) in [5.74, 6) is -1.09. The van der Waals surface area contributed by atoms with Crippen LogP contribution < -0.4 is 0 Å². The highest BCUT2D eigenvalue weighted by molar-refractivity contribution is 5.83. The summed E-state index contributed by atoms with van der Waals surface area (Å²) in [4.78, 5) is 10.9. The van der Waals surface area contributed by atoms with E-state index < -0.39 is 23.8 Å². The first-order valence-electron chi connectivity index (χ1n) is 5.21. The van der Waals surface area contributed by atoms with Gasteiger partial charge in [-0.15, -0.1) is 0 Å². The van der Waals surface area contributed by atoms with Crippen LogP contribution in [-0.2, 0) is 11.0 Å². The Kier molecular flexibility index (Phi) is 2.80. The van der Waals surface area contributed by atoms with E-state index in [9.17, 15) is 18.0 Å². The molecule has 0 saturated heterocycles. The second kappa shape index (κ2) is 4.04. The van der Waals surface area contributed by atoms with E-state index >= 15 is 0 Å². The molecule has 96 valence electrons. The molecule has 0 aliphatic rings. The maximum Gasteiger partial charge on any atom is 0.416 e. The summed E-state index contributed by atoms with van der Waals surface area (Å²) in [6.45, 7) is 1.42. The molecular weight excluding hydrogens is 247 g/mol. The largest absolute Gasteiger partial charge is 0.480 e. The third-order valence-electron chi connectivity index (χ3n) is 2.83. The Morgan fingerprint density at radius 1 is 1.33 bits per heavy atom. The van der Waals surface area contributed by atoms with Gasteiger partial charge < -0.3 is 9.67 Å². The fourth-order valence-corrected chi connectivity index (χ4v) is 1.78. The fourth-order valence-electron chi connectivity index (χ4n) is 1.78. The molecular formula is C12H10F3NO2. The van der Waals surface area contributed by atoms with Gasteiger partial charge in [0.15, 0.2) is 0 Å². The first kappa shape index (κ1) is 12.5. The molecule has 1 atom stereocenters. The number of rotatable bonds is 2. The van der Waals surface area contributed by atoms with Crippen LogP contribution in [0.3, 0.4) is 0 Å². The number of benzene rings is 1. The van der Waals surface area contributed by atoms with E-state index in [4.69, 9.17) is 5.11 Å². The molecule has 1 aromatic carbocycles. The van der Waals surface area contributed by atoms with Crippen molar-refractivity contribution in [3.63, 3.8) is 0 Å². The number of carboxylic acids is 1. The predicted octanol–water partition coefficient (Wildman–Crippen LogP) is 3.31. The average Bonchev–Trinajstić information content (AvgIpc) is 2.69. The molecule has 3 nitrogen and oxygen atoms in total. The van der Waals surface area contributed by atoms with E-state index in [0.717, 1.165) is 12.1 Å². The van der Waals surface area contributed by atoms with Crippen molar-refractivity contribution in [2.45, 2.75) is 19.1 Å². The van der Waals surface area contributed by atoms with Crippen LogP contribution in [0.5, 0.6) is 0 Å². The number of fused-ring (bicyclic) bond motifs is 1. The van der Waals surface area contributed by atoms with Crippen molar-refractivity contribution in [3.8, 4) is 0 Å². The predicted molar refractivity (Wildman–Crippen MR) is 59.3 cm³/mol. The topological polar surface area (TPSA) is 42.2 Å². The lowest BCUT2D eigenvalue weighted by molar-refractivity contribution is -0.140. The number of aliphatic carboxylic acids is 1. The highest BCUT2D eigenvalue weighted by atomic mass is 19.4. The van der Waals surface area contributed by atoms with Crippen molar-refractivity contribution >= 4 is 16.9 Å². The molecule has 1 aromatic heterocycles. The van der Waals surface area contributed by atoms with Gasteiger partial charge in [0.2, 0.25) is 0 Å². The standard InChI is InChI=1S/C12H10F3NO2/c1-7(11(17)18)16-5-4-8-2-3-9(6-10(8)16)12(13,14)15/h2-7H,1H3,(H,17,18). The van der Waals surface area contributed by atoms with Gasteiger partial charge in [-0.1, -0.05) is 6.07 Å². The lowest BCUT2D eigenvalue weighted by atomic mass is 10.1. The van der Waals surface area contributed by atoms with Crippen LogP contribution >= 0.6 is 0 Å². The van der Waals surface area contributed by atoms with Gasteiger partial charge in [0.1, 0.15) is 6.04 Å². The van der Waals surface area contributed by atoms with Gasteiger partial charge in [0.05, 0.1) is 5.56 Å². The third kappa shape index (κ3) is 2.05. The minimum Gasteiger partial charge on any atom is -0.480 e. The van der Waals surface area contributed by atoms with Crippen molar-refractivity contribution in [2.24, 2.45) is 0 Å². The number of halogens is 3. The summed E-state index contributed by atoms with van der Waals surface area (Å²) in [6.07, 6.45) is -2.96. The lowest BCUT2D eigenvalue weighted by Gasteiger charge is -2.12. The SMILES string of the molecule is CC(C(=O)O)n1ccc2ccc(C(F)(F)F)cc21. The molecule has 0 aliphatic carbocycles. The van der Waals surface area contributed by atoms with Crippen LogP contribution in [0.25, 0.3) is 10.9 Å². The normalized spacial score (nSPS) is 13.8. The van der Waals surface area contributed by atoms with E-state index in [-0.39, 0.29) is 5.52 Å². The first-order chi connectivity index (χ1) is 8.30. The molecule has 0 amide bonds. The van der Waals surface area contributed by atoms with Crippen LogP contribution in [0.4, 0.5) is 13.2 Å². The van der Waals surface area contributed by atoms with E-state index in [1.807, 2.05) is 0 Å². The van der Waals surface area contributed by atoms with Gasteiger partial charge in [-0.05, 0) is 30.5 Å². The highest BCUT2D eigenvalue weighted by Crippen LogP contribution is 2.32. The number of hydrogen-bond donors (Lipinski definition) is 1. The summed E-state index contributed by atoms with van der Waals surface area (Å²) in [7, 11) is 0. The average molecular weight is 257 g/mol. The summed E-state index contributed by atoms with van der Waals surface area (Å²) >= 11 is 0. The molecule has 0 bridgehead atoms. The van der Waals surface area contributed by atoms with Crippen LogP contribution in [0.1, 0.15) is 18.5 Å². The van der Waals surface area contributed by atoms with Gasteiger partial charge in [-0.2, -0.15) is 13.2 Å². The number of aromatic nitrogens is 1. The highest BCUT2D eigenvalue weighted by Gasteiger charge is 2.31. The third-order valence-corrected chi connectivity index (χ3v) is 2.83. The molecule has 0 saturated carbocycles. The summed E-state index contributed by atoms with van der Waals surface area (Å²) in [5.41, 5.74) is -0.521. The Bertz CT molecular complexity index is 601. The van der Waals surface area contributed by atoms with Crippen molar-refractivity contribution in [1.82, 2.24) is 4.57 Å². The fraction of sp³-hybridized carbons (Fsp3) is 0.250. The minimum absolute atomic E-state index is 0.264. The molecule has 1 N–H and O–H groups in total. The van der Waals surface area contributed by atoms with Crippen molar-refractivity contribution in [1.29, 1.82) is 0 Å². The molecule has 6 heteroatoms. The van der Waals surface area contributed by atoms with E-state index in [2.05, 4.69) is 0 Å². The zero-order valence-corrected chi connectivity index (χ0v) is 9.40. The summed E-state index contributed by atoms with van der Waals surface area (Å²) in [6, 6.07) is 3.97. The molecule has 0 fully saturated rings. The van der Waals surface area contributed by atoms with Crippen LogP contribution in [0.2, 0.25) is 0 Å². The Hall–Kier alpha value is -1.98. The summed E-state index contributed by atoms with van der Waals surface area (Å²) in [5, 5.41) is 9.48. The molecule has 1 unspecified atom stereocenters. The number of carbonyl (C=O) groups is 1. The second-order valence-electron chi connectivity index (χ2n) is 4.01. The quantitative estimate of drug-likeness (QED) is 0.896. The Labute approximate surface area is 100 Å². The Morgan fingerprint density at radius 2 is 2.00 bits per heavy atom. The Balaban J connectivity index is 2.60. The zero-order valence-electron chi connectivity index (χ0n) is 9.40. The second-order valence-corrected chi connectivity index (χ2v) is 4.01. The van der Waals surface area contributed by atoms with Gasteiger partial charge in [0, 0.05) is 11.7 Å². The molecule has 0 spiro atoms. The monoisotopic (exact) mass is 257 g/mol. The number of nitrogens with zero attached hydrogens (tertiary/aromatic N) is 1. The first-order valence-corrected chi connectivity index (χ1v) is 5.21. The van der Waals surface area contributed by atoms with E-state index in [0.29, 0.717) is 5.39 Å². The van der Waals surface area contributed by atoms with Crippen LogP contribution in [-0.4, -0.2) is 15.6 Å². The molecule has 0 aliphatic heterocycles. The van der Waals surface area contributed by atoms with Crippen LogP contribution in [0, 0.1) is 0 Å². The van der Waals surface area contributed by atoms with E-state index in [1.165, 1.54) is 23.8 Å². The zero-order chi connectivity index (χ0) is 13.5. The maximum atomic E-state index is 12.6. The summed E-state index contributed by atoms with van der Waals surface area (Å²) < 4.78 is 39.1. The molecule has 2 aromatic rings. The molecule has 18 heavy (non-hydrogen) atoms. The maximum absolute atomic E-state index is 12.6. The number of hydrogen-bond acceptors (Lipinski definition) is 1. The molecule has 1 heterocycles. The van der Waals surface area contributed by atoms with Gasteiger partial charge in [-0.3, -0.25) is 0 Å². The molecule has 0 radical (unpaired) electrons. The number of carboxylic acid groups (broad SMARTS) is 1. The van der Waals surface area contributed by atoms with Crippen molar-refractivity contribution in [2.75, 3.05) is 0 Å². The van der Waals surface area contributed by atoms with Crippen molar-refractivity contribution < 1.29 is 23.1 Å². The molecule has 2 rings (SSSR count). The lowest BCUT2D eigenvalue weighted by Crippen LogP contribution is -2.14. The minimum atomic E-state index is -4.43. The van der Waals surface area contributed by atoms with Gasteiger partial charge in [-0.25, -0.2) is 4.79 Å². The van der Waals surface area contributed by atoms with E-state index in [1.54, 1.807) is 6.07 Å². The van der Waals surface area contributed by atoms with Gasteiger partial charge in [0.25, 0.3) is 0 Å². The van der Waals surface area contributed by atoms with Crippen LogP contribution in [0.15, 0.2) is 30.5 Å². The van der Waals surface area contributed by atoms with Gasteiger partial charge >= 0.3 is 12.1 Å².